The van der Waals surface area contributed by atoms with Gasteiger partial charge in [0.25, 0.3) is 0 Å². The summed E-state index contributed by atoms with van der Waals surface area (Å²) >= 11 is 0. The number of hydrogen-bond donors (Lipinski definition) is 1. The van der Waals surface area contributed by atoms with Crippen molar-refractivity contribution in [2.45, 2.75) is 19.4 Å². The lowest BCUT2D eigenvalue weighted by molar-refractivity contribution is -0.121. The molecule has 1 unspecified atom stereocenters. The highest BCUT2D eigenvalue weighted by molar-refractivity contribution is 5.75. The topological polar surface area (TPSA) is 47.6 Å². The second-order valence-corrected chi connectivity index (χ2v) is 3.62. The smallest absolute Gasteiger partial charge is 0.219 e. The SMILES string of the molecule is CCC(=O)NCC(OC)c1ccccc1OC. The van der Waals surface area contributed by atoms with Crippen LogP contribution in [0.15, 0.2) is 24.3 Å². The van der Waals surface area contributed by atoms with Gasteiger partial charge in [-0.05, 0) is 6.07 Å². The average molecular weight is 237 g/mol. The maximum atomic E-state index is 11.2. The molecule has 0 saturated carbocycles. The van der Waals surface area contributed by atoms with Crippen molar-refractivity contribution in [2.24, 2.45) is 0 Å². The van der Waals surface area contributed by atoms with Crippen LogP contribution in [-0.2, 0) is 9.53 Å². The van der Waals surface area contributed by atoms with Crippen LogP contribution in [0.5, 0.6) is 5.75 Å². The third kappa shape index (κ3) is 3.75. The molecule has 0 spiro atoms. The van der Waals surface area contributed by atoms with Gasteiger partial charge in [0.15, 0.2) is 0 Å². The normalized spacial score (nSPS) is 11.9. The van der Waals surface area contributed by atoms with E-state index in [1.807, 2.05) is 31.2 Å². The van der Waals surface area contributed by atoms with Gasteiger partial charge < -0.3 is 14.8 Å². The van der Waals surface area contributed by atoms with Gasteiger partial charge in [0, 0.05) is 25.6 Å². The molecule has 0 heterocycles. The van der Waals surface area contributed by atoms with Gasteiger partial charge in [-0.3, -0.25) is 4.79 Å². The molecule has 1 amide bonds. The predicted molar refractivity (Wildman–Crippen MR) is 66.0 cm³/mol. The van der Waals surface area contributed by atoms with Crippen LogP contribution in [0.25, 0.3) is 0 Å². The van der Waals surface area contributed by atoms with E-state index in [0.29, 0.717) is 13.0 Å². The van der Waals surface area contributed by atoms with E-state index in [9.17, 15) is 4.79 Å². The van der Waals surface area contributed by atoms with E-state index in [2.05, 4.69) is 5.32 Å². The van der Waals surface area contributed by atoms with E-state index < -0.39 is 0 Å². The predicted octanol–water partition coefficient (Wildman–Crippen LogP) is 1.91. The summed E-state index contributed by atoms with van der Waals surface area (Å²) in [7, 11) is 3.24. The lowest BCUT2D eigenvalue weighted by Gasteiger charge is -2.18. The van der Waals surface area contributed by atoms with Crippen molar-refractivity contribution in [3.8, 4) is 5.75 Å². The Labute approximate surface area is 102 Å². The number of benzene rings is 1. The van der Waals surface area contributed by atoms with Gasteiger partial charge in [-0.2, -0.15) is 0 Å². The van der Waals surface area contributed by atoms with Crippen LogP contribution < -0.4 is 10.1 Å². The molecule has 94 valence electrons. The summed E-state index contributed by atoms with van der Waals surface area (Å²) in [5.41, 5.74) is 0.939. The first-order valence-electron chi connectivity index (χ1n) is 5.65. The van der Waals surface area contributed by atoms with Gasteiger partial charge in [0.2, 0.25) is 5.91 Å². The first-order valence-corrected chi connectivity index (χ1v) is 5.65. The molecule has 1 N–H and O–H groups in total. The Morgan fingerprint density at radius 3 is 2.65 bits per heavy atom. The molecule has 0 aliphatic heterocycles. The Bertz CT molecular complexity index is 365. The number of carbonyl (C=O) groups is 1. The first kappa shape index (κ1) is 13.5. The van der Waals surface area contributed by atoms with E-state index in [1.165, 1.54) is 0 Å². The maximum Gasteiger partial charge on any atom is 0.219 e. The Kier molecular flexibility index (Phi) is 5.49. The molecule has 1 rings (SSSR count). The molecule has 4 heteroatoms. The Balaban J connectivity index is 2.75. The second kappa shape index (κ2) is 6.91. The van der Waals surface area contributed by atoms with Crippen molar-refractivity contribution in [3.05, 3.63) is 29.8 Å². The zero-order valence-corrected chi connectivity index (χ0v) is 10.5. The van der Waals surface area contributed by atoms with Crippen molar-refractivity contribution in [1.29, 1.82) is 0 Å². The number of carbonyl (C=O) groups excluding carboxylic acids is 1. The van der Waals surface area contributed by atoms with Crippen molar-refractivity contribution < 1.29 is 14.3 Å². The minimum atomic E-state index is -0.193. The minimum Gasteiger partial charge on any atom is -0.496 e. The molecule has 1 aromatic carbocycles. The molecular formula is C13H19NO3. The third-order valence-electron chi connectivity index (χ3n) is 2.58. The van der Waals surface area contributed by atoms with Crippen LogP contribution in [0.4, 0.5) is 0 Å². The van der Waals surface area contributed by atoms with Gasteiger partial charge in [0.1, 0.15) is 11.9 Å². The van der Waals surface area contributed by atoms with Gasteiger partial charge in [-0.1, -0.05) is 25.1 Å². The highest BCUT2D eigenvalue weighted by Crippen LogP contribution is 2.26. The molecule has 4 nitrogen and oxygen atoms in total. The zero-order valence-electron chi connectivity index (χ0n) is 10.5. The van der Waals surface area contributed by atoms with Gasteiger partial charge in [0.05, 0.1) is 7.11 Å². The van der Waals surface area contributed by atoms with Crippen LogP contribution >= 0.6 is 0 Å². The van der Waals surface area contributed by atoms with Crippen molar-refractivity contribution in [1.82, 2.24) is 5.32 Å². The molecule has 0 aromatic heterocycles. The fourth-order valence-electron chi connectivity index (χ4n) is 1.58. The van der Waals surface area contributed by atoms with E-state index in [4.69, 9.17) is 9.47 Å². The van der Waals surface area contributed by atoms with Crippen molar-refractivity contribution >= 4 is 5.91 Å². The number of amides is 1. The monoisotopic (exact) mass is 237 g/mol. The van der Waals surface area contributed by atoms with E-state index in [-0.39, 0.29) is 12.0 Å². The molecule has 0 fully saturated rings. The summed E-state index contributed by atoms with van der Waals surface area (Å²) < 4.78 is 10.6. The maximum absolute atomic E-state index is 11.2. The lowest BCUT2D eigenvalue weighted by Crippen LogP contribution is -2.28. The van der Waals surface area contributed by atoms with Gasteiger partial charge in [-0.25, -0.2) is 0 Å². The number of methoxy groups -OCH3 is 2. The summed E-state index contributed by atoms with van der Waals surface area (Å²) in [4.78, 5) is 11.2. The highest BCUT2D eigenvalue weighted by Gasteiger charge is 2.15. The largest absolute Gasteiger partial charge is 0.496 e. The second-order valence-electron chi connectivity index (χ2n) is 3.62. The van der Waals surface area contributed by atoms with Crippen LogP contribution in [-0.4, -0.2) is 26.7 Å². The quantitative estimate of drug-likeness (QED) is 0.822. The Hall–Kier alpha value is -1.55. The summed E-state index contributed by atoms with van der Waals surface area (Å²) in [6, 6.07) is 7.64. The standard InChI is InChI=1S/C13H19NO3/c1-4-13(15)14-9-12(17-3)10-7-5-6-8-11(10)16-2/h5-8,12H,4,9H2,1-3H3,(H,14,15). The Morgan fingerprint density at radius 2 is 2.06 bits per heavy atom. The number of para-hydroxylation sites is 1. The van der Waals surface area contributed by atoms with E-state index >= 15 is 0 Å². The zero-order chi connectivity index (χ0) is 12.7. The fraction of sp³-hybridized carbons (Fsp3) is 0.462. The van der Waals surface area contributed by atoms with Crippen molar-refractivity contribution in [3.63, 3.8) is 0 Å². The molecule has 0 saturated heterocycles. The minimum absolute atomic E-state index is 0.0157. The first-order chi connectivity index (χ1) is 8.22. The number of nitrogens with one attached hydrogen (secondary N) is 1. The summed E-state index contributed by atoms with van der Waals surface area (Å²) in [6.07, 6.45) is 0.282. The van der Waals surface area contributed by atoms with Crippen LogP contribution in [0.3, 0.4) is 0 Å². The van der Waals surface area contributed by atoms with Gasteiger partial charge in [-0.15, -0.1) is 0 Å². The number of hydrogen-bond acceptors (Lipinski definition) is 3. The fourth-order valence-corrected chi connectivity index (χ4v) is 1.58. The summed E-state index contributed by atoms with van der Waals surface area (Å²) in [5.74, 6) is 0.784. The van der Waals surface area contributed by atoms with E-state index in [1.54, 1.807) is 14.2 Å². The molecule has 0 bridgehead atoms. The number of rotatable bonds is 6. The average Bonchev–Trinajstić information content (AvgIpc) is 2.39. The summed E-state index contributed by atoms with van der Waals surface area (Å²) in [5, 5.41) is 2.81. The van der Waals surface area contributed by atoms with E-state index in [0.717, 1.165) is 11.3 Å². The molecular weight excluding hydrogens is 218 g/mol. The Morgan fingerprint density at radius 1 is 1.35 bits per heavy atom. The van der Waals surface area contributed by atoms with Crippen LogP contribution in [0.2, 0.25) is 0 Å². The molecule has 17 heavy (non-hydrogen) atoms. The van der Waals surface area contributed by atoms with Gasteiger partial charge >= 0.3 is 0 Å². The molecule has 0 aliphatic rings. The molecule has 0 aliphatic carbocycles. The lowest BCUT2D eigenvalue weighted by atomic mass is 10.1. The number of ether oxygens (including phenoxy) is 2. The summed E-state index contributed by atoms with van der Waals surface area (Å²) in [6.45, 7) is 2.27. The van der Waals surface area contributed by atoms with Crippen molar-refractivity contribution in [2.75, 3.05) is 20.8 Å². The van der Waals surface area contributed by atoms with Crippen LogP contribution in [0.1, 0.15) is 25.0 Å². The molecule has 1 aromatic rings. The third-order valence-corrected chi connectivity index (χ3v) is 2.58. The molecule has 1 atom stereocenters. The molecule has 0 radical (unpaired) electrons. The van der Waals surface area contributed by atoms with Crippen LogP contribution in [0, 0.1) is 0 Å². The highest BCUT2D eigenvalue weighted by atomic mass is 16.5.